The van der Waals surface area contributed by atoms with Crippen LogP contribution in [-0.4, -0.2) is 15.6 Å². The number of fused-ring (bicyclic) bond motifs is 2. The van der Waals surface area contributed by atoms with Gasteiger partial charge in [0.2, 0.25) is 0 Å². The topological polar surface area (TPSA) is 67.2 Å². The van der Waals surface area contributed by atoms with E-state index in [2.05, 4.69) is 5.32 Å². The maximum absolute atomic E-state index is 13.9. The van der Waals surface area contributed by atoms with Gasteiger partial charge in [-0.2, -0.15) is 4.68 Å². The Balaban J connectivity index is 1.68. The minimum atomic E-state index is -0.560. The van der Waals surface area contributed by atoms with E-state index in [1.807, 2.05) is 78.2 Å². The standard InChI is InChI=1S/C26H18N4O2S/c31-25-18-11-4-6-13-20(18)27-23(17-9-2-1-3-10-17)29(25)30-24(22-15-8-16-33-22)28-21-14-7-5-12-19(21)26(30)32/h1-16,24,28H. The van der Waals surface area contributed by atoms with Gasteiger partial charge in [0, 0.05) is 16.1 Å². The minimum absolute atomic E-state index is 0.265. The highest BCUT2D eigenvalue weighted by Crippen LogP contribution is 2.35. The zero-order valence-corrected chi connectivity index (χ0v) is 18.2. The van der Waals surface area contributed by atoms with E-state index < -0.39 is 6.17 Å². The van der Waals surface area contributed by atoms with E-state index in [1.54, 1.807) is 18.2 Å². The summed E-state index contributed by atoms with van der Waals surface area (Å²) in [5.41, 5.74) is 2.28. The van der Waals surface area contributed by atoms with Crippen molar-refractivity contribution < 1.29 is 4.79 Å². The molecule has 0 radical (unpaired) electrons. The van der Waals surface area contributed by atoms with Crippen molar-refractivity contribution in [3.05, 3.63) is 117 Å². The zero-order valence-electron chi connectivity index (χ0n) is 17.4. The van der Waals surface area contributed by atoms with E-state index in [9.17, 15) is 9.59 Å². The number of para-hydroxylation sites is 2. The number of hydrogen-bond acceptors (Lipinski definition) is 5. The van der Waals surface area contributed by atoms with E-state index in [-0.39, 0.29) is 11.5 Å². The number of nitrogens with one attached hydrogen (secondary N) is 1. The minimum Gasteiger partial charge on any atom is -0.359 e. The Labute approximate surface area is 193 Å². The Morgan fingerprint density at radius 1 is 0.818 bits per heavy atom. The molecule has 7 heteroatoms. The average Bonchev–Trinajstić information content (AvgIpc) is 3.40. The lowest BCUT2D eigenvalue weighted by atomic mass is 10.1. The van der Waals surface area contributed by atoms with Crippen LogP contribution in [0.1, 0.15) is 21.4 Å². The molecule has 5 aromatic rings. The van der Waals surface area contributed by atoms with Gasteiger partial charge in [0.05, 0.1) is 16.5 Å². The lowest BCUT2D eigenvalue weighted by Gasteiger charge is -2.38. The monoisotopic (exact) mass is 450 g/mol. The van der Waals surface area contributed by atoms with Gasteiger partial charge >= 0.3 is 0 Å². The Morgan fingerprint density at radius 2 is 1.58 bits per heavy atom. The summed E-state index contributed by atoms with van der Waals surface area (Å²) in [4.78, 5) is 33.5. The Hall–Kier alpha value is -4.23. The fourth-order valence-corrected chi connectivity index (χ4v) is 4.95. The molecular weight excluding hydrogens is 432 g/mol. The summed E-state index contributed by atoms with van der Waals surface area (Å²) in [5.74, 6) is 0.148. The molecule has 1 aliphatic rings. The molecule has 0 saturated carbocycles. The molecule has 0 aliphatic carbocycles. The largest absolute Gasteiger partial charge is 0.359 e. The first kappa shape index (κ1) is 19.5. The molecule has 1 amide bonds. The van der Waals surface area contributed by atoms with Gasteiger partial charge in [-0.1, -0.05) is 60.7 Å². The lowest BCUT2D eigenvalue weighted by Crippen LogP contribution is -2.54. The van der Waals surface area contributed by atoms with Crippen molar-refractivity contribution in [2.24, 2.45) is 0 Å². The third-order valence-corrected chi connectivity index (χ3v) is 6.64. The quantitative estimate of drug-likeness (QED) is 0.419. The maximum atomic E-state index is 13.9. The van der Waals surface area contributed by atoms with Gasteiger partial charge in [0.15, 0.2) is 12.0 Å². The molecule has 3 aromatic carbocycles. The van der Waals surface area contributed by atoms with Crippen molar-refractivity contribution in [1.82, 2.24) is 9.66 Å². The van der Waals surface area contributed by atoms with Crippen LogP contribution in [0.5, 0.6) is 0 Å². The van der Waals surface area contributed by atoms with Gasteiger partial charge in [0.1, 0.15) is 0 Å². The molecule has 1 N–H and O–H groups in total. The van der Waals surface area contributed by atoms with Crippen LogP contribution < -0.4 is 15.9 Å². The molecule has 0 bridgehead atoms. The molecule has 0 fully saturated rings. The van der Waals surface area contributed by atoms with E-state index in [0.717, 1.165) is 16.1 Å². The van der Waals surface area contributed by atoms with Crippen molar-refractivity contribution in [2.45, 2.75) is 6.17 Å². The van der Waals surface area contributed by atoms with Gasteiger partial charge in [-0.3, -0.25) is 9.59 Å². The van der Waals surface area contributed by atoms with E-state index in [1.165, 1.54) is 21.0 Å². The summed E-state index contributed by atoms with van der Waals surface area (Å²) < 4.78 is 1.42. The van der Waals surface area contributed by atoms with Gasteiger partial charge in [0.25, 0.3) is 11.5 Å². The number of aromatic nitrogens is 2. The number of anilines is 1. The summed E-state index contributed by atoms with van der Waals surface area (Å²) in [7, 11) is 0. The molecule has 1 unspecified atom stereocenters. The SMILES string of the molecule is O=C1c2ccccc2NC(c2cccs2)N1n1c(-c2ccccc2)nc2ccccc2c1=O. The second kappa shape index (κ2) is 7.72. The predicted molar refractivity (Wildman–Crippen MR) is 131 cm³/mol. The summed E-state index contributed by atoms with van der Waals surface area (Å²) >= 11 is 1.52. The highest BCUT2D eigenvalue weighted by Gasteiger charge is 2.37. The smallest absolute Gasteiger partial charge is 0.280 e. The number of hydrogen-bond donors (Lipinski definition) is 1. The summed E-state index contributed by atoms with van der Waals surface area (Å²) in [6.07, 6.45) is -0.560. The Morgan fingerprint density at radius 3 is 2.39 bits per heavy atom. The molecule has 33 heavy (non-hydrogen) atoms. The highest BCUT2D eigenvalue weighted by atomic mass is 32.1. The van der Waals surface area contributed by atoms with Crippen molar-refractivity contribution in [3.8, 4) is 11.4 Å². The van der Waals surface area contributed by atoms with E-state index in [0.29, 0.717) is 22.3 Å². The third kappa shape index (κ3) is 3.13. The van der Waals surface area contributed by atoms with Crippen LogP contribution in [0.3, 0.4) is 0 Å². The van der Waals surface area contributed by atoms with Gasteiger partial charge in [-0.15, -0.1) is 11.3 Å². The highest BCUT2D eigenvalue weighted by molar-refractivity contribution is 7.10. The lowest BCUT2D eigenvalue weighted by molar-refractivity contribution is 0.0941. The summed E-state index contributed by atoms with van der Waals surface area (Å²) in [6.45, 7) is 0. The number of thiophene rings is 1. The number of carbonyl (C=O) groups is 1. The summed E-state index contributed by atoms with van der Waals surface area (Å²) in [6, 6.07) is 27.9. The number of benzene rings is 3. The zero-order chi connectivity index (χ0) is 22.4. The molecule has 1 aliphatic heterocycles. The van der Waals surface area contributed by atoms with Gasteiger partial charge in [-0.25, -0.2) is 9.99 Å². The van der Waals surface area contributed by atoms with Crippen molar-refractivity contribution >= 4 is 33.8 Å². The average molecular weight is 451 g/mol. The number of carbonyl (C=O) groups excluding carboxylic acids is 1. The van der Waals surface area contributed by atoms with Gasteiger partial charge < -0.3 is 5.32 Å². The number of amides is 1. The Bertz CT molecular complexity index is 1540. The van der Waals surface area contributed by atoms with Gasteiger partial charge in [-0.05, 0) is 35.7 Å². The first-order valence-corrected chi connectivity index (χ1v) is 11.4. The fourth-order valence-electron chi connectivity index (χ4n) is 4.19. The second-order valence-corrected chi connectivity index (χ2v) is 8.67. The first-order valence-electron chi connectivity index (χ1n) is 10.5. The van der Waals surface area contributed by atoms with Crippen molar-refractivity contribution in [1.29, 1.82) is 0 Å². The predicted octanol–water partition coefficient (Wildman–Crippen LogP) is 5.03. The fraction of sp³-hybridized carbons (Fsp3) is 0.0385. The van der Waals surface area contributed by atoms with Crippen LogP contribution in [-0.2, 0) is 0 Å². The van der Waals surface area contributed by atoms with Crippen molar-refractivity contribution in [2.75, 3.05) is 10.3 Å². The molecule has 6 rings (SSSR count). The van der Waals surface area contributed by atoms with E-state index in [4.69, 9.17) is 4.98 Å². The van der Waals surface area contributed by atoms with Crippen LogP contribution in [0.25, 0.3) is 22.3 Å². The molecule has 0 saturated heterocycles. The van der Waals surface area contributed by atoms with E-state index >= 15 is 0 Å². The molecular formula is C26H18N4O2S. The van der Waals surface area contributed by atoms with Crippen LogP contribution in [0.15, 0.2) is 101 Å². The second-order valence-electron chi connectivity index (χ2n) is 7.69. The van der Waals surface area contributed by atoms with Crippen LogP contribution in [0, 0.1) is 0 Å². The molecule has 2 aromatic heterocycles. The molecule has 160 valence electrons. The number of rotatable bonds is 3. The van der Waals surface area contributed by atoms with Crippen LogP contribution >= 0.6 is 11.3 Å². The third-order valence-electron chi connectivity index (χ3n) is 5.72. The normalized spacial score (nSPS) is 15.3. The van der Waals surface area contributed by atoms with Crippen molar-refractivity contribution in [3.63, 3.8) is 0 Å². The summed E-state index contributed by atoms with van der Waals surface area (Å²) in [5, 5.41) is 7.37. The molecule has 3 heterocycles. The first-order chi connectivity index (χ1) is 16.2. The maximum Gasteiger partial charge on any atom is 0.280 e. The Kier molecular flexibility index (Phi) is 4.55. The molecule has 1 atom stereocenters. The molecule has 6 nitrogen and oxygen atoms in total. The number of nitrogens with zero attached hydrogens (tertiary/aromatic N) is 3. The van der Waals surface area contributed by atoms with Crippen LogP contribution in [0.2, 0.25) is 0 Å². The molecule has 0 spiro atoms. The van der Waals surface area contributed by atoms with Crippen LogP contribution in [0.4, 0.5) is 5.69 Å².